The zero-order valence-electron chi connectivity index (χ0n) is 12.6. The van der Waals surface area contributed by atoms with Crippen LogP contribution in [0.1, 0.15) is 33.5 Å². The zero-order chi connectivity index (χ0) is 14.9. The van der Waals surface area contributed by atoms with Crippen molar-refractivity contribution in [1.82, 2.24) is 9.55 Å². The smallest absolute Gasteiger partial charge is 0.125 e. The Morgan fingerprint density at radius 1 is 1.35 bits per heavy atom. The van der Waals surface area contributed by atoms with Crippen molar-refractivity contribution >= 4 is 22.6 Å². The minimum atomic E-state index is -0.223. The van der Waals surface area contributed by atoms with Crippen LogP contribution in [0.15, 0.2) is 18.2 Å². The Morgan fingerprint density at radius 3 is 2.65 bits per heavy atom. The molecule has 0 bridgehead atoms. The average molecular weight is 297 g/mol. The van der Waals surface area contributed by atoms with Gasteiger partial charge in [0, 0.05) is 18.8 Å². The molecule has 1 unspecified atom stereocenters. The van der Waals surface area contributed by atoms with Gasteiger partial charge in [-0.2, -0.15) is 0 Å². The molecule has 2 nitrogen and oxygen atoms in total. The molecule has 0 saturated carbocycles. The minimum absolute atomic E-state index is 0.197. The number of aryl methyl sites for hydroxylation is 1. The molecule has 1 aromatic heterocycles. The Hall–Kier alpha value is -1.09. The molecule has 0 aliphatic rings. The topological polar surface area (TPSA) is 17.8 Å². The fourth-order valence-corrected chi connectivity index (χ4v) is 2.34. The largest absolute Gasteiger partial charge is 0.328 e. The van der Waals surface area contributed by atoms with Gasteiger partial charge in [-0.3, -0.25) is 0 Å². The molecule has 110 valence electrons. The lowest BCUT2D eigenvalue weighted by Crippen LogP contribution is -2.23. The summed E-state index contributed by atoms with van der Waals surface area (Å²) in [6, 6.07) is 4.76. The summed E-state index contributed by atoms with van der Waals surface area (Å²) in [6.07, 6.45) is 0.703. The van der Waals surface area contributed by atoms with E-state index in [4.69, 9.17) is 11.6 Å². The maximum absolute atomic E-state index is 13.5. The molecule has 2 rings (SSSR count). The van der Waals surface area contributed by atoms with Crippen LogP contribution in [0.3, 0.4) is 0 Å². The van der Waals surface area contributed by atoms with Crippen molar-refractivity contribution in [3.63, 3.8) is 0 Å². The van der Waals surface area contributed by atoms with E-state index in [0.29, 0.717) is 18.2 Å². The highest BCUT2D eigenvalue weighted by molar-refractivity contribution is 6.17. The second kappa shape index (κ2) is 5.72. The van der Waals surface area contributed by atoms with Crippen molar-refractivity contribution in [2.75, 3.05) is 5.88 Å². The van der Waals surface area contributed by atoms with Crippen LogP contribution in [-0.2, 0) is 13.0 Å². The molecule has 0 aliphatic carbocycles. The second-order valence-electron chi connectivity index (χ2n) is 6.48. The van der Waals surface area contributed by atoms with E-state index in [1.54, 1.807) is 12.1 Å². The summed E-state index contributed by atoms with van der Waals surface area (Å²) >= 11 is 5.87. The monoisotopic (exact) mass is 296 g/mol. The van der Waals surface area contributed by atoms with Gasteiger partial charge in [-0.05, 0) is 29.5 Å². The highest BCUT2D eigenvalue weighted by atomic mass is 35.5. The van der Waals surface area contributed by atoms with E-state index in [1.807, 2.05) is 0 Å². The van der Waals surface area contributed by atoms with Crippen molar-refractivity contribution in [2.45, 2.75) is 40.7 Å². The van der Waals surface area contributed by atoms with Crippen LogP contribution in [0, 0.1) is 17.2 Å². The Bertz CT molecular complexity index is 598. The fraction of sp³-hybridized carbons (Fsp3) is 0.562. The Balaban J connectivity index is 2.47. The number of alkyl halides is 1. The normalized spacial score (nSPS) is 13.9. The molecular weight excluding hydrogens is 275 g/mol. The van der Waals surface area contributed by atoms with E-state index in [0.717, 1.165) is 23.4 Å². The van der Waals surface area contributed by atoms with Gasteiger partial charge in [-0.25, -0.2) is 9.37 Å². The van der Waals surface area contributed by atoms with Gasteiger partial charge in [0.2, 0.25) is 0 Å². The van der Waals surface area contributed by atoms with Gasteiger partial charge in [0.05, 0.1) is 11.0 Å². The number of rotatable bonds is 4. The van der Waals surface area contributed by atoms with Crippen molar-refractivity contribution in [2.24, 2.45) is 11.3 Å². The van der Waals surface area contributed by atoms with Crippen molar-refractivity contribution in [1.29, 1.82) is 0 Å². The van der Waals surface area contributed by atoms with Crippen LogP contribution in [0.25, 0.3) is 11.0 Å². The number of aromatic nitrogens is 2. The molecule has 0 radical (unpaired) electrons. The first kappa shape index (κ1) is 15.3. The first-order valence-corrected chi connectivity index (χ1v) is 7.57. The van der Waals surface area contributed by atoms with Gasteiger partial charge in [0.25, 0.3) is 0 Å². The highest BCUT2D eigenvalue weighted by Gasteiger charge is 2.22. The van der Waals surface area contributed by atoms with Crippen LogP contribution in [0.2, 0.25) is 0 Å². The molecule has 20 heavy (non-hydrogen) atoms. The van der Waals surface area contributed by atoms with Crippen LogP contribution in [0.4, 0.5) is 4.39 Å². The Morgan fingerprint density at radius 2 is 2.05 bits per heavy atom. The molecule has 0 fully saturated rings. The van der Waals surface area contributed by atoms with Gasteiger partial charge in [-0.15, -0.1) is 11.6 Å². The zero-order valence-corrected chi connectivity index (χ0v) is 13.3. The molecular formula is C16H22ClFN2. The van der Waals surface area contributed by atoms with Crippen molar-refractivity contribution < 1.29 is 4.39 Å². The number of halogens is 2. The van der Waals surface area contributed by atoms with E-state index in [2.05, 4.69) is 37.2 Å². The maximum atomic E-state index is 13.5. The third-order valence-electron chi connectivity index (χ3n) is 4.04. The lowest BCUT2D eigenvalue weighted by molar-refractivity contribution is 0.233. The third-order valence-corrected chi connectivity index (χ3v) is 4.23. The van der Waals surface area contributed by atoms with E-state index < -0.39 is 0 Å². The number of fused-ring (bicyclic) bond motifs is 1. The first-order valence-electron chi connectivity index (χ1n) is 7.03. The Labute approximate surface area is 125 Å². The first-order chi connectivity index (χ1) is 9.32. The maximum Gasteiger partial charge on any atom is 0.125 e. The van der Waals surface area contributed by atoms with Gasteiger partial charge >= 0.3 is 0 Å². The lowest BCUT2D eigenvalue weighted by atomic mass is 9.82. The average Bonchev–Trinajstić information content (AvgIpc) is 2.67. The van der Waals surface area contributed by atoms with Gasteiger partial charge in [0.15, 0.2) is 0 Å². The molecule has 0 aliphatic heterocycles. The van der Waals surface area contributed by atoms with Crippen molar-refractivity contribution in [3.8, 4) is 0 Å². The summed E-state index contributed by atoms with van der Waals surface area (Å²) in [5, 5.41) is 0. The van der Waals surface area contributed by atoms with Crippen LogP contribution >= 0.6 is 11.6 Å². The SMILES string of the molecule is CC(Cn1c(CCCl)nc2ccc(F)cc21)C(C)(C)C. The molecule has 4 heteroatoms. The van der Waals surface area contributed by atoms with Crippen LogP contribution in [-0.4, -0.2) is 15.4 Å². The number of imidazole rings is 1. The summed E-state index contributed by atoms with van der Waals surface area (Å²) in [5.41, 5.74) is 1.90. The molecule has 1 heterocycles. The molecule has 0 N–H and O–H groups in total. The van der Waals surface area contributed by atoms with E-state index in [-0.39, 0.29) is 11.2 Å². The number of benzene rings is 1. The van der Waals surface area contributed by atoms with Crippen LogP contribution in [0.5, 0.6) is 0 Å². The van der Waals surface area contributed by atoms with Crippen molar-refractivity contribution in [3.05, 3.63) is 29.8 Å². The molecule has 0 amide bonds. The minimum Gasteiger partial charge on any atom is -0.328 e. The molecule has 1 atom stereocenters. The number of nitrogens with zero attached hydrogens (tertiary/aromatic N) is 2. The summed E-state index contributed by atoms with van der Waals surface area (Å²) in [4.78, 5) is 4.59. The lowest BCUT2D eigenvalue weighted by Gasteiger charge is -2.28. The highest BCUT2D eigenvalue weighted by Crippen LogP contribution is 2.29. The van der Waals surface area contributed by atoms with E-state index in [9.17, 15) is 4.39 Å². The van der Waals surface area contributed by atoms with E-state index >= 15 is 0 Å². The van der Waals surface area contributed by atoms with Crippen LogP contribution < -0.4 is 0 Å². The molecule has 0 saturated heterocycles. The van der Waals surface area contributed by atoms with Gasteiger partial charge in [-0.1, -0.05) is 27.7 Å². The number of hydrogen-bond acceptors (Lipinski definition) is 1. The summed E-state index contributed by atoms with van der Waals surface area (Å²) < 4.78 is 15.6. The predicted octanol–water partition coefficient (Wildman–Crippen LogP) is 4.64. The molecule has 1 aromatic carbocycles. The quantitative estimate of drug-likeness (QED) is 0.752. The summed E-state index contributed by atoms with van der Waals surface area (Å²) in [7, 11) is 0. The summed E-state index contributed by atoms with van der Waals surface area (Å²) in [5.74, 6) is 1.70. The fourth-order valence-electron chi connectivity index (χ4n) is 2.17. The number of hydrogen-bond donors (Lipinski definition) is 0. The van der Waals surface area contributed by atoms with E-state index in [1.165, 1.54) is 6.07 Å². The molecule has 0 spiro atoms. The van der Waals surface area contributed by atoms with Gasteiger partial charge in [0.1, 0.15) is 11.6 Å². The summed E-state index contributed by atoms with van der Waals surface area (Å²) in [6.45, 7) is 9.71. The van der Waals surface area contributed by atoms with Gasteiger partial charge < -0.3 is 4.57 Å². The second-order valence-corrected chi connectivity index (χ2v) is 6.86. The Kier molecular flexibility index (Phi) is 4.38. The molecule has 2 aromatic rings. The third kappa shape index (κ3) is 3.14. The standard InChI is InChI=1S/C16H22ClFN2/c1-11(16(2,3)4)10-20-14-9-12(18)5-6-13(14)19-15(20)7-8-17/h5-6,9,11H,7-8,10H2,1-4H3. The predicted molar refractivity (Wildman–Crippen MR) is 82.7 cm³/mol.